The lowest BCUT2D eigenvalue weighted by Gasteiger charge is -2.53. The number of nitrogens with one attached hydrogen (secondary N) is 1. The molecule has 2 aliphatic rings. The number of carbonyl (C=O) groups excluding carboxylic acids is 2. The topological polar surface area (TPSA) is 55.4 Å². The number of piperidine rings is 1. The molecule has 2 fully saturated rings. The Morgan fingerprint density at radius 3 is 2.61 bits per heavy atom. The average molecular weight is 253 g/mol. The van der Waals surface area contributed by atoms with Crippen LogP contribution in [-0.2, 0) is 14.3 Å². The van der Waals surface area contributed by atoms with Crippen molar-refractivity contribution in [3.05, 3.63) is 0 Å². The van der Waals surface area contributed by atoms with Gasteiger partial charge in [-0.05, 0) is 37.5 Å². The zero-order valence-electron chi connectivity index (χ0n) is 11.5. The molecule has 102 valence electrons. The summed E-state index contributed by atoms with van der Waals surface area (Å²) < 4.78 is 5.59. The Labute approximate surface area is 108 Å². The molecular weight excluding hydrogens is 230 g/mol. The quantitative estimate of drug-likeness (QED) is 0.778. The van der Waals surface area contributed by atoms with Gasteiger partial charge in [0.1, 0.15) is 0 Å². The van der Waals surface area contributed by atoms with E-state index in [0.717, 1.165) is 19.3 Å². The Bertz CT molecular complexity index is 345. The highest BCUT2D eigenvalue weighted by molar-refractivity contribution is 5.99. The zero-order valence-corrected chi connectivity index (χ0v) is 11.5. The third kappa shape index (κ3) is 2.44. The van der Waals surface area contributed by atoms with Crippen LogP contribution in [0.3, 0.4) is 0 Å². The number of rotatable bonds is 4. The summed E-state index contributed by atoms with van der Waals surface area (Å²) >= 11 is 0. The van der Waals surface area contributed by atoms with Crippen LogP contribution in [0.5, 0.6) is 0 Å². The zero-order chi connectivity index (χ0) is 13.3. The molecule has 1 heterocycles. The summed E-state index contributed by atoms with van der Waals surface area (Å²) in [5, 5.41) is 2.49. The van der Waals surface area contributed by atoms with Crippen molar-refractivity contribution in [2.45, 2.75) is 52.6 Å². The second-order valence-corrected chi connectivity index (χ2v) is 6.12. The maximum absolute atomic E-state index is 12.0. The lowest BCUT2D eigenvalue weighted by atomic mass is 9.54. The molecule has 1 aliphatic heterocycles. The summed E-state index contributed by atoms with van der Waals surface area (Å²) in [6, 6.07) is 0. The van der Waals surface area contributed by atoms with Gasteiger partial charge in [0, 0.05) is 18.9 Å². The van der Waals surface area contributed by atoms with Gasteiger partial charge < -0.3 is 4.74 Å². The molecule has 4 heteroatoms. The fraction of sp³-hybridized carbons (Fsp3) is 0.857. The van der Waals surface area contributed by atoms with Gasteiger partial charge in [-0.2, -0.15) is 0 Å². The molecule has 2 amide bonds. The van der Waals surface area contributed by atoms with E-state index in [1.807, 2.05) is 6.92 Å². The van der Waals surface area contributed by atoms with Gasteiger partial charge in [-0.15, -0.1) is 0 Å². The van der Waals surface area contributed by atoms with E-state index in [1.165, 1.54) is 0 Å². The third-order valence-corrected chi connectivity index (χ3v) is 4.21. The number of ether oxygens (including phenoxy) is 1. The van der Waals surface area contributed by atoms with Gasteiger partial charge in [-0.1, -0.05) is 13.8 Å². The highest BCUT2D eigenvalue weighted by Gasteiger charge is 2.56. The smallest absolute Gasteiger partial charge is 0.230 e. The lowest BCUT2D eigenvalue weighted by molar-refractivity contribution is -0.162. The van der Waals surface area contributed by atoms with Crippen LogP contribution < -0.4 is 5.32 Å². The van der Waals surface area contributed by atoms with Gasteiger partial charge in [0.15, 0.2) is 0 Å². The fourth-order valence-electron chi connectivity index (χ4n) is 3.45. The Morgan fingerprint density at radius 2 is 2.06 bits per heavy atom. The van der Waals surface area contributed by atoms with Gasteiger partial charge >= 0.3 is 0 Å². The van der Waals surface area contributed by atoms with Crippen LogP contribution in [0.25, 0.3) is 0 Å². The van der Waals surface area contributed by atoms with Crippen LogP contribution in [0.15, 0.2) is 0 Å². The first-order valence-electron chi connectivity index (χ1n) is 6.92. The third-order valence-electron chi connectivity index (χ3n) is 4.21. The van der Waals surface area contributed by atoms with E-state index in [-0.39, 0.29) is 29.3 Å². The molecular formula is C14H23NO3. The van der Waals surface area contributed by atoms with E-state index in [9.17, 15) is 9.59 Å². The van der Waals surface area contributed by atoms with Gasteiger partial charge in [0.25, 0.3) is 0 Å². The molecule has 0 radical (unpaired) electrons. The molecule has 1 saturated carbocycles. The SMILES string of the molecule is CCOC1CC2(CC(=O)NC(=O)C2CC(C)C)C1. The van der Waals surface area contributed by atoms with Crippen molar-refractivity contribution in [1.29, 1.82) is 0 Å². The molecule has 2 rings (SSSR count). The molecule has 1 atom stereocenters. The Balaban J connectivity index is 2.09. The average Bonchev–Trinajstić information content (AvgIpc) is 2.20. The summed E-state index contributed by atoms with van der Waals surface area (Å²) in [4.78, 5) is 23.6. The van der Waals surface area contributed by atoms with Gasteiger partial charge in [0.2, 0.25) is 11.8 Å². The van der Waals surface area contributed by atoms with Crippen LogP contribution in [0.4, 0.5) is 0 Å². The van der Waals surface area contributed by atoms with E-state index in [0.29, 0.717) is 18.9 Å². The van der Waals surface area contributed by atoms with Gasteiger partial charge in [-0.25, -0.2) is 0 Å². The van der Waals surface area contributed by atoms with Crippen molar-refractivity contribution in [2.75, 3.05) is 6.61 Å². The van der Waals surface area contributed by atoms with Gasteiger partial charge in [0.05, 0.1) is 6.10 Å². The predicted molar refractivity (Wildman–Crippen MR) is 67.8 cm³/mol. The monoisotopic (exact) mass is 253 g/mol. The first kappa shape index (κ1) is 13.5. The van der Waals surface area contributed by atoms with E-state index in [4.69, 9.17) is 4.74 Å². The largest absolute Gasteiger partial charge is 0.378 e. The minimum atomic E-state index is -0.122. The molecule has 4 nitrogen and oxygen atoms in total. The highest BCUT2D eigenvalue weighted by Crippen LogP contribution is 2.54. The van der Waals surface area contributed by atoms with Crippen molar-refractivity contribution < 1.29 is 14.3 Å². The molecule has 0 aromatic rings. The second-order valence-electron chi connectivity index (χ2n) is 6.12. The number of carbonyl (C=O) groups is 2. The first-order valence-corrected chi connectivity index (χ1v) is 6.92. The molecule has 1 N–H and O–H groups in total. The predicted octanol–water partition coefficient (Wildman–Crippen LogP) is 1.88. The molecule has 1 aliphatic carbocycles. The standard InChI is InChI=1S/C14H23NO3/c1-4-18-10-6-14(7-10)8-12(16)15-13(17)11(14)5-9(2)3/h9-11H,4-8H2,1-3H3,(H,15,16,17). The van der Waals surface area contributed by atoms with Crippen molar-refractivity contribution >= 4 is 11.8 Å². The van der Waals surface area contributed by atoms with Crippen molar-refractivity contribution in [1.82, 2.24) is 5.32 Å². The molecule has 0 aromatic carbocycles. The van der Waals surface area contributed by atoms with Crippen molar-refractivity contribution in [3.8, 4) is 0 Å². The first-order chi connectivity index (χ1) is 8.47. The number of hydrogen-bond acceptors (Lipinski definition) is 3. The summed E-state index contributed by atoms with van der Waals surface area (Å²) in [5.41, 5.74) is -0.122. The van der Waals surface area contributed by atoms with Crippen LogP contribution in [0.2, 0.25) is 0 Å². The number of amides is 2. The van der Waals surface area contributed by atoms with Crippen LogP contribution in [-0.4, -0.2) is 24.5 Å². The minimum Gasteiger partial charge on any atom is -0.378 e. The normalized spacial score (nSPS) is 35.8. The molecule has 18 heavy (non-hydrogen) atoms. The van der Waals surface area contributed by atoms with E-state index in [2.05, 4.69) is 19.2 Å². The molecule has 1 unspecified atom stereocenters. The summed E-state index contributed by atoms with van der Waals surface area (Å²) in [6.45, 7) is 6.93. The highest BCUT2D eigenvalue weighted by atomic mass is 16.5. The maximum Gasteiger partial charge on any atom is 0.230 e. The molecule has 1 spiro atoms. The van der Waals surface area contributed by atoms with Crippen molar-refractivity contribution in [3.63, 3.8) is 0 Å². The molecule has 1 saturated heterocycles. The maximum atomic E-state index is 12.0. The Morgan fingerprint density at radius 1 is 1.39 bits per heavy atom. The van der Waals surface area contributed by atoms with E-state index in [1.54, 1.807) is 0 Å². The molecule has 0 aromatic heterocycles. The van der Waals surface area contributed by atoms with E-state index < -0.39 is 0 Å². The second kappa shape index (κ2) is 5.00. The van der Waals surface area contributed by atoms with E-state index >= 15 is 0 Å². The summed E-state index contributed by atoms with van der Waals surface area (Å²) in [6.07, 6.45) is 3.30. The van der Waals surface area contributed by atoms with Crippen LogP contribution in [0, 0.1) is 17.3 Å². The summed E-state index contributed by atoms with van der Waals surface area (Å²) in [5.74, 6) is 0.258. The van der Waals surface area contributed by atoms with Crippen LogP contribution in [0.1, 0.15) is 46.5 Å². The number of hydrogen-bond donors (Lipinski definition) is 1. The minimum absolute atomic E-state index is 0.0214. The molecule has 0 bridgehead atoms. The fourth-order valence-corrected chi connectivity index (χ4v) is 3.45. The summed E-state index contributed by atoms with van der Waals surface area (Å²) in [7, 11) is 0. The van der Waals surface area contributed by atoms with Crippen molar-refractivity contribution in [2.24, 2.45) is 17.3 Å². The Hall–Kier alpha value is -0.900. The van der Waals surface area contributed by atoms with Gasteiger partial charge in [-0.3, -0.25) is 14.9 Å². The van der Waals surface area contributed by atoms with Crippen LogP contribution >= 0.6 is 0 Å². The number of imide groups is 1. The Kier molecular flexibility index (Phi) is 3.76. The lowest BCUT2D eigenvalue weighted by Crippen LogP contribution is -2.59.